The number of nitriles is 1. The molecule has 0 radical (unpaired) electrons. The van der Waals surface area contributed by atoms with Gasteiger partial charge in [-0.25, -0.2) is 10.4 Å². The van der Waals surface area contributed by atoms with Gasteiger partial charge in [-0.2, -0.15) is 23.5 Å². The second-order valence-electron chi connectivity index (χ2n) is 7.22. The molecule has 2 heterocycles. The molecule has 1 amide bonds. The van der Waals surface area contributed by atoms with Crippen LogP contribution in [-0.4, -0.2) is 26.7 Å². The number of hydrogen-bond acceptors (Lipinski definition) is 7. The molecule has 0 atom stereocenters. The first kappa shape index (κ1) is 26.1. The Morgan fingerprint density at radius 2 is 2.14 bits per heavy atom. The Balaban J connectivity index is 2.02. The topological polar surface area (TPSA) is 122 Å². The zero-order valence-electron chi connectivity index (χ0n) is 18.5. The molecule has 0 unspecified atom stereocenters. The predicted octanol–water partition coefficient (Wildman–Crippen LogP) is 4.07. The molecule has 3 aromatic rings. The molecule has 0 saturated carbocycles. The molecule has 0 bridgehead atoms. The highest BCUT2D eigenvalue weighted by molar-refractivity contribution is 6.30. The summed E-state index contributed by atoms with van der Waals surface area (Å²) in [5.41, 5.74) is 0.875. The van der Waals surface area contributed by atoms with Crippen LogP contribution in [0.15, 0.2) is 70.6 Å². The van der Waals surface area contributed by atoms with E-state index in [1.54, 1.807) is 31.3 Å². The summed E-state index contributed by atoms with van der Waals surface area (Å²) >= 11 is 5.90. The monoisotopic (exact) mass is 516 g/mol. The van der Waals surface area contributed by atoms with Crippen molar-refractivity contribution in [2.24, 2.45) is 5.10 Å². The van der Waals surface area contributed by atoms with Crippen molar-refractivity contribution in [2.75, 3.05) is 0 Å². The normalized spacial score (nSPS) is 12.1. The maximum absolute atomic E-state index is 13.6. The number of amides is 1. The number of hydrogen-bond donors (Lipinski definition) is 1. The Labute approximate surface area is 207 Å². The minimum atomic E-state index is -4.99. The second-order valence-corrected chi connectivity index (χ2v) is 7.66. The number of allylic oxidation sites excluding steroid dienone is 2. The van der Waals surface area contributed by atoms with Crippen molar-refractivity contribution >= 4 is 23.7 Å². The number of alkyl halides is 3. The fourth-order valence-electron chi connectivity index (χ4n) is 3.02. The van der Waals surface area contributed by atoms with Crippen molar-refractivity contribution in [3.63, 3.8) is 0 Å². The van der Waals surface area contributed by atoms with Crippen LogP contribution in [0.5, 0.6) is 11.5 Å². The molecule has 1 N–H and O–H groups in total. The first-order valence-electron chi connectivity index (χ1n) is 10.0. The van der Waals surface area contributed by atoms with Gasteiger partial charge in [-0.05, 0) is 43.3 Å². The Morgan fingerprint density at radius 1 is 1.36 bits per heavy atom. The smallest absolute Gasteiger partial charge is 0.437 e. The lowest BCUT2D eigenvalue weighted by atomic mass is 10.1. The summed E-state index contributed by atoms with van der Waals surface area (Å²) in [6.07, 6.45) is 0.677. The Morgan fingerprint density at radius 3 is 2.78 bits per heavy atom. The molecule has 3 rings (SSSR count). The molecule has 1 aromatic carbocycles. The van der Waals surface area contributed by atoms with Gasteiger partial charge in [0.1, 0.15) is 5.75 Å². The van der Waals surface area contributed by atoms with Gasteiger partial charge in [0.05, 0.1) is 23.7 Å². The number of halogens is 4. The number of carbonyl (C=O) groups excluding carboxylic acids is 1. The van der Waals surface area contributed by atoms with Gasteiger partial charge >= 0.3 is 6.18 Å². The molecular formula is C23H16ClF3N6O3. The Hall–Kier alpha value is -4.50. The van der Waals surface area contributed by atoms with Crippen LogP contribution in [0.25, 0.3) is 0 Å². The highest BCUT2D eigenvalue weighted by Gasteiger charge is 2.38. The zero-order valence-corrected chi connectivity index (χ0v) is 19.2. The fourth-order valence-corrected chi connectivity index (χ4v) is 3.24. The van der Waals surface area contributed by atoms with E-state index in [9.17, 15) is 22.8 Å². The molecule has 0 spiro atoms. The van der Waals surface area contributed by atoms with Gasteiger partial charge in [0.25, 0.3) is 5.56 Å². The first-order chi connectivity index (χ1) is 17.1. The SMILES string of the molecule is C/C(=C\C(=N/NC=O)c1cccnc1)Cn1cnc(C(F)(F)F)c(Oc2cc(Cl)cc(C#N)c2)c1=O. The van der Waals surface area contributed by atoms with Gasteiger partial charge in [0.15, 0.2) is 5.69 Å². The van der Waals surface area contributed by atoms with E-state index in [0.717, 1.165) is 17.0 Å². The van der Waals surface area contributed by atoms with Gasteiger partial charge in [-0.15, -0.1) is 0 Å². The van der Waals surface area contributed by atoms with Crippen LogP contribution in [0.3, 0.4) is 0 Å². The third kappa shape index (κ3) is 6.55. The average molecular weight is 517 g/mol. The van der Waals surface area contributed by atoms with Crippen LogP contribution in [-0.2, 0) is 17.5 Å². The summed E-state index contributed by atoms with van der Waals surface area (Å²) in [7, 11) is 0. The summed E-state index contributed by atoms with van der Waals surface area (Å²) in [5, 5.41) is 13.0. The minimum absolute atomic E-state index is 0.0280. The number of rotatable bonds is 8. The van der Waals surface area contributed by atoms with Crippen LogP contribution >= 0.6 is 11.6 Å². The maximum Gasteiger partial charge on any atom is 0.437 e. The lowest BCUT2D eigenvalue weighted by Gasteiger charge is -2.15. The molecule has 0 aliphatic heterocycles. The standard InChI is InChI=1S/C23H16ClF3N6O3/c1-14(5-19(32-31-13-34)16-3-2-4-29-10-16)11-33-12-30-21(23(25,26)27)20(22(33)35)36-18-7-15(9-28)6-17(24)8-18/h2-8,10,12-13H,11H2,1H3,(H,31,34)/b14-5+,32-19+. The van der Waals surface area contributed by atoms with Crippen molar-refractivity contribution in [3.05, 3.63) is 92.9 Å². The first-order valence-corrected chi connectivity index (χ1v) is 10.4. The van der Waals surface area contributed by atoms with Crippen LogP contribution in [0.2, 0.25) is 5.02 Å². The van der Waals surface area contributed by atoms with E-state index in [-0.39, 0.29) is 22.9 Å². The highest BCUT2D eigenvalue weighted by atomic mass is 35.5. The van der Waals surface area contributed by atoms with Gasteiger partial charge in [0, 0.05) is 29.5 Å². The third-order valence-electron chi connectivity index (χ3n) is 4.48. The minimum Gasteiger partial charge on any atom is -0.449 e. The predicted molar refractivity (Wildman–Crippen MR) is 123 cm³/mol. The molecule has 2 aromatic heterocycles. The maximum atomic E-state index is 13.6. The summed E-state index contributed by atoms with van der Waals surface area (Å²) < 4.78 is 47.0. The molecule has 36 heavy (non-hydrogen) atoms. The average Bonchev–Trinajstić information content (AvgIpc) is 2.83. The number of carbonyl (C=O) groups is 1. The van der Waals surface area contributed by atoms with Crippen molar-refractivity contribution < 1.29 is 22.7 Å². The number of nitrogens with one attached hydrogen (secondary N) is 1. The van der Waals surface area contributed by atoms with Crippen LogP contribution in [0.1, 0.15) is 23.7 Å². The summed E-state index contributed by atoms with van der Waals surface area (Å²) in [5.74, 6) is -1.31. The van der Waals surface area contributed by atoms with E-state index >= 15 is 0 Å². The summed E-state index contributed by atoms with van der Waals surface area (Å²) in [6, 6.07) is 8.73. The third-order valence-corrected chi connectivity index (χ3v) is 4.70. The molecular weight excluding hydrogens is 501 g/mol. The Kier molecular flexibility index (Phi) is 8.18. The van der Waals surface area contributed by atoms with Gasteiger partial charge in [-0.3, -0.25) is 19.1 Å². The lowest BCUT2D eigenvalue weighted by Crippen LogP contribution is -2.26. The van der Waals surface area contributed by atoms with E-state index in [1.807, 2.05) is 0 Å². The van der Waals surface area contributed by atoms with Gasteiger partial charge in [0.2, 0.25) is 12.2 Å². The second kappa shape index (κ2) is 11.3. The van der Waals surface area contributed by atoms with E-state index in [2.05, 4.69) is 20.5 Å². The van der Waals surface area contributed by atoms with Gasteiger partial charge in [-0.1, -0.05) is 17.2 Å². The molecule has 184 valence electrons. The molecule has 0 fully saturated rings. The van der Waals surface area contributed by atoms with Crippen molar-refractivity contribution in [3.8, 4) is 17.6 Å². The van der Waals surface area contributed by atoms with E-state index < -0.39 is 23.2 Å². The number of aromatic nitrogens is 3. The molecule has 13 heteroatoms. The van der Waals surface area contributed by atoms with Crippen LogP contribution < -0.4 is 15.7 Å². The number of pyridine rings is 1. The molecule has 0 aliphatic carbocycles. The summed E-state index contributed by atoms with van der Waals surface area (Å²) in [6.45, 7) is 1.42. The highest BCUT2D eigenvalue weighted by Crippen LogP contribution is 2.35. The molecule has 0 saturated heterocycles. The summed E-state index contributed by atoms with van der Waals surface area (Å²) in [4.78, 5) is 31.1. The number of hydrazone groups is 1. The Bertz CT molecular complexity index is 1430. The number of ether oxygens (including phenoxy) is 1. The fraction of sp³-hybridized carbons (Fsp3) is 0.130. The number of benzene rings is 1. The number of nitrogens with zero attached hydrogens (tertiary/aromatic N) is 5. The van der Waals surface area contributed by atoms with E-state index in [1.165, 1.54) is 24.4 Å². The quantitative estimate of drug-likeness (QED) is 0.273. The zero-order chi connectivity index (χ0) is 26.3. The largest absolute Gasteiger partial charge is 0.449 e. The van der Waals surface area contributed by atoms with Gasteiger partial charge < -0.3 is 4.74 Å². The van der Waals surface area contributed by atoms with Crippen LogP contribution in [0.4, 0.5) is 13.2 Å². The van der Waals surface area contributed by atoms with Crippen molar-refractivity contribution in [1.82, 2.24) is 20.0 Å². The van der Waals surface area contributed by atoms with Crippen molar-refractivity contribution in [1.29, 1.82) is 5.26 Å². The molecule has 0 aliphatic rings. The lowest BCUT2D eigenvalue weighted by molar-refractivity contribution is -0.142. The van der Waals surface area contributed by atoms with Crippen LogP contribution in [0, 0.1) is 11.3 Å². The van der Waals surface area contributed by atoms with E-state index in [0.29, 0.717) is 23.3 Å². The van der Waals surface area contributed by atoms with Crippen molar-refractivity contribution in [2.45, 2.75) is 19.6 Å². The molecule has 9 nitrogen and oxygen atoms in total. The van der Waals surface area contributed by atoms with E-state index in [4.69, 9.17) is 21.6 Å².